The Balaban J connectivity index is 1.54. The number of thiophene rings is 1. The van der Waals surface area contributed by atoms with E-state index < -0.39 is 0 Å². The van der Waals surface area contributed by atoms with E-state index in [0.717, 1.165) is 17.1 Å². The zero-order chi connectivity index (χ0) is 20.8. The molecule has 0 radical (unpaired) electrons. The van der Waals surface area contributed by atoms with E-state index in [-0.39, 0.29) is 0 Å². The van der Waals surface area contributed by atoms with Gasteiger partial charge in [0.1, 0.15) is 11.2 Å². The molecule has 4 aromatic rings. The monoisotopic (exact) mass is 420 g/mol. The second-order valence-corrected chi connectivity index (χ2v) is 10.5. The van der Waals surface area contributed by atoms with Crippen LogP contribution in [0.4, 0.5) is 0 Å². The van der Waals surface area contributed by atoms with Gasteiger partial charge in [-0.1, -0.05) is 46.0 Å². The summed E-state index contributed by atoms with van der Waals surface area (Å²) >= 11 is 1.98. The Kier molecular flexibility index (Phi) is 5.18. The molecule has 4 heterocycles. The largest absolute Gasteiger partial charge is 0.346 e. The molecule has 30 heavy (non-hydrogen) atoms. The number of aromatic amines is 1. The first kappa shape index (κ1) is 19.8. The number of nitrogens with zero attached hydrogens (tertiary/aromatic N) is 3. The molecule has 158 valence electrons. The van der Waals surface area contributed by atoms with Crippen molar-refractivity contribution in [1.29, 1.82) is 0 Å². The van der Waals surface area contributed by atoms with Crippen LogP contribution in [0.1, 0.15) is 79.9 Å². The molecule has 5 rings (SSSR count). The molecule has 1 aliphatic rings. The van der Waals surface area contributed by atoms with Gasteiger partial charge >= 0.3 is 0 Å². The van der Waals surface area contributed by atoms with Gasteiger partial charge in [0.15, 0.2) is 5.65 Å². The molecule has 0 spiro atoms. The number of hydrogen-bond acceptors (Lipinski definition) is 3. The van der Waals surface area contributed by atoms with Crippen LogP contribution in [-0.4, -0.2) is 19.6 Å². The number of aromatic nitrogens is 4. The van der Waals surface area contributed by atoms with Crippen LogP contribution in [0.2, 0.25) is 0 Å². The quantitative estimate of drug-likeness (QED) is 0.371. The summed E-state index contributed by atoms with van der Waals surface area (Å²) in [4.78, 5) is 11.1. The maximum Gasteiger partial charge on any atom is 0.158 e. The van der Waals surface area contributed by atoms with Crippen LogP contribution in [0, 0.1) is 19.8 Å². The molecule has 0 saturated heterocycles. The molecule has 5 heteroatoms. The summed E-state index contributed by atoms with van der Waals surface area (Å²) in [6.07, 6.45) is 13.5. The summed E-state index contributed by atoms with van der Waals surface area (Å²) in [5.74, 6) is 1.40. The lowest BCUT2D eigenvalue weighted by Crippen LogP contribution is -2.07. The van der Waals surface area contributed by atoms with Crippen LogP contribution in [0.25, 0.3) is 27.1 Å². The number of pyridine rings is 1. The fraction of sp³-hybridized carbons (Fsp3) is 0.520. The number of aryl methyl sites for hydroxylation is 3. The van der Waals surface area contributed by atoms with Crippen LogP contribution in [0.15, 0.2) is 18.6 Å². The minimum absolute atomic E-state index is 0.458. The average Bonchev–Trinajstić information content (AvgIpc) is 3.42. The van der Waals surface area contributed by atoms with Crippen molar-refractivity contribution in [2.75, 3.05) is 0 Å². The summed E-state index contributed by atoms with van der Waals surface area (Å²) in [5, 5.41) is 5.83. The third-order valence-electron chi connectivity index (χ3n) is 6.95. The van der Waals surface area contributed by atoms with E-state index in [1.54, 1.807) is 11.2 Å². The predicted molar refractivity (Wildman–Crippen MR) is 127 cm³/mol. The van der Waals surface area contributed by atoms with Crippen molar-refractivity contribution in [1.82, 2.24) is 19.6 Å². The summed E-state index contributed by atoms with van der Waals surface area (Å²) in [7, 11) is 0. The Hall–Kier alpha value is -2.14. The highest BCUT2D eigenvalue weighted by Crippen LogP contribution is 2.43. The third kappa shape index (κ3) is 3.37. The minimum Gasteiger partial charge on any atom is -0.346 e. The molecule has 1 aliphatic carbocycles. The number of nitrogens with one attached hydrogen (secondary N) is 1. The van der Waals surface area contributed by atoms with Crippen molar-refractivity contribution >= 4 is 27.2 Å². The average molecular weight is 421 g/mol. The van der Waals surface area contributed by atoms with Crippen molar-refractivity contribution in [3.05, 3.63) is 40.2 Å². The highest BCUT2D eigenvalue weighted by atomic mass is 32.1. The summed E-state index contributed by atoms with van der Waals surface area (Å²) in [5.41, 5.74) is 7.47. The molecule has 0 amide bonds. The molecule has 1 saturated carbocycles. The van der Waals surface area contributed by atoms with Crippen LogP contribution in [-0.2, 0) is 6.42 Å². The molecule has 0 atom stereocenters. The second-order valence-electron chi connectivity index (χ2n) is 9.41. The van der Waals surface area contributed by atoms with Crippen LogP contribution < -0.4 is 0 Å². The lowest BCUT2D eigenvalue weighted by Gasteiger charge is -2.21. The van der Waals surface area contributed by atoms with Gasteiger partial charge in [-0.15, -0.1) is 11.3 Å². The SMILES string of the molecule is Cc1c(CCC2CCCCC2)sc2[nH]c(-c3cc(C)c4ncnn4c3)c(C(C)C)c12. The van der Waals surface area contributed by atoms with Crippen molar-refractivity contribution < 1.29 is 0 Å². The number of fused-ring (bicyclic) bond motifs is 2. The maximum absolute atomic E-state index is 4.38. The van der Waals surface area contributed by atoms with Gasteiger partial charge in [-0.25, -0.2) is 9.50 Å². The van der Waals surface area contributed by atoms with E-state index in [2.05, 4.69) is 55.0 Å². The van der Waals surface area contributed by atoms with Gasteiger partial charge in [-0.2, -0.15) is 5.10 Å². The molecular formula is C25H32N4S. The molecule has 4 nitrogen and oxygen atoms in total. The Morgan fingerprint density at radius 2 is 2.00 bits per heavy atom. The Morgan fingerprint density at radius 1 is 1.20 bits per heavy atom. The van der Waals surface area contributed by atoms with E-state index in [0.29, 0.717) is 5.92 Å². The van der Waals surface area contributed by atoms with Crippen molar-refractivity contribution in [3.63, 3.8) is 0 Å². The first-order valence-electron chi connectivity index (χ1n) is 11.5. The normalized spacial score (nSPS) is 15.8. The summed E-state index contributed by atoms with van der Waals surface area (Å²) in [6.45, 7) is 9.07. The van der Waals surface area contributed by atoms with Crippen molar-refractivity contribution in [3.8, 4) is 11.3 Å². The molecule has 4 aromatic heterocycles. The molecule has 0 unspecified atom stereocenters. The first-order chi connectivity index (χ1) is 14.5. The van der Waals surface area contributed by atoms with E-state index in [1.807, 2.05) is 15.9 Å². The molecule has 1 fully saturated rings. The standard InChI is InChI=1S/C25H32N4S/c1-15(2)21-22-17(4)20(11-10-18-8-6-5-7-9-18)30-25(22)28-23(21)19-12-16(3)24-26-14-27-29(24)13-19/h12-15,18,28H,5-11H2,1-4H3. The van der Waals surface area contributed by atoms with E-state index >= 15 is 0 Å². The van der Waals surface area contributed by atoms with Gasteiger partial charge in [0.2, 0.25) is 0 Å². The molecule has 0 aromatic carbocycles. The second kappa shape index (κ2) is 7.84. The van der Waals surface area contributed by atoms with Crippen molar-refractivity contribution in [2.24, 2.45) is 5.92 Å². The van der Waals surface area contributed by atoms with E-state index in [1.165, 1.54) is 77.5 Å². The van der Waals surface area contributed by atoms with Gasteiger partial charge in [-0.05, 0) is 61.3 Å². The lowest BCUT2D eigenvalue weighted by atomic mass is 9.85. The van der Waals surface area contributed by atoms with Crippen LogP contribution >= 0.6 is 11.3 Å². The number of hydrogen-bond donors (Lipinski definition) is 1. The summed E-state index contributed by atoms with van der Waals surface area (Å²) in [6, 6.07) is 2.24. The molecule has 1 N–H and O–H groups in total. The highest BCUT2D eigenvalue weighted by molar-refractivity contribution is 7.19. The smallest absolute Gasteiger partial charge is 0.158 e. The zero-order valence-electron chi connectivity index (χ0n) is 18.6. The third-order valence-corrected chi connectivity index (χ3v) is 8.22. The van der Waals surface area contributed by atoms with Gasteiger partial charge in [0.05, 0.1) is 5.69 Å². The molecular weight excluding hydrogens is 388 g/mol. The Bertz CT molecular complexity index is 1190. The Morgan fingerprint density at radius 3 is 2.77 bits per heavy atom. The topological polar surface area (TPSA) is 46.0 Å². The number of H-pyrrole nitrogens is 1. The fourth-order valence-electron chi connectivity index (χ4n) is 5.36. The highest BCUT2D eigenvalue weighted by Gasteiger charge is 2.23. The van der Waals surface area contributed by atoms with Crippen LogP contribution in [0.3, 0.4) is 0 Å². The van der Waals surface area contributed by atoms with Gasteiger partial charge < -0.3 is 4.98 Å². The van der Waals surface area contributed by atoms with Gasteiger partial charge in [-0.3, -0.25) is 0 Å². The molecule has 0 aliphatic heterocycles. The lowest BCUT2D eigenvalue weighted by molar-refractivity contribution is 0.340. The Labute approximate surface area is 182 Å². The fourth-order valence-corrected chi connectivity index (χ4v) is 6.60. The zero-order valence-corrected chi connectivity index (χ0v) is 19.4. The molecule has 0 bridgehead atoms. The predicted octanol–water partition coefficient (Wildman–Crippen LogP) is 7.19. The number of rotatable bonds is 5. The van der Waals surface area contributed by atoms with Crippen LogP contribution in [0.5, 0.6) is 0 Å². The van der Waals surface area contributed by atoms with E-state index in [4.69, 9.17) is 0 Å². The maximum atomic E-state index is 4.38. The van der Waals surface area contributed by atoms with E-state index in [9.17, 15) is 0 Å². The minimum atomic E-state index is 0.458. The van der Waals surface area contributed by atoms with Crippen molar-refractivity contribution in [2.45, 2.75) is 78.6 Å². The first-order valence-corrected chi connectivity index (χ1v) is 12.3. The van der Waals surface area contributed by atoms with Gasteiger partial charge in [0.25, 0.3) is 0 Å². The summed E-state index contributed by atoms with van der Waals surface area (Å²) < 4.78 is 1.90. The van der Waals surface area contributed by atoms with Gasteiger partial charge in [0, 0.05) is 22.0 Å².